The van der Waals surface area contributed by atoms with Crippen molar-refractivity contribution in [2.45, 2.75) is 110 Å². The molecule has 0 rings (SSSR count). The second-order valence-corrected chi connectivity index (χ2v) is 7.29. The van der Waals surface area contributed by atoms with E-state index in [2.05, 4.69) is 11.9 Å². The minimum Gasteiger partial charge on any atom is -0.369 e. The Hall–Kier alpha value is -0.530. The molecule has 0 saturated heterocycles. The number of hydrogen-bond acceptors (Lipinski definition) is 1. The van der Waals surface area contributed by atoms with Crippen molar-refractivity contribution in [3.63, 3.8) is 0 Å². The van der Waals surface area contributed by atoms with E-state index >= 15 is 0 Å². The molecule has 138 valence electrons. The third-order valence-electron chi connectivity index (χ3n) is 4.45. The van der Waals surface area contributed by atoms with Crippen LogP contribution in [0.3, 0.4) is 0 Å². The summed E-state index contributed by atoms with van der Waals surface area (Å²) in [6, 6.07) is 0. The highest BCUT2D eigenvalue weighted by Gasteiger charge is 1.94. The van der Waals surface area contributed by atoms with Gasteiger partial charge in [-0.25, -0.2) is 0 Å². The molecule has 0 radical (unpaired) electrons. The van der Waals surface area contributed by atoms with Crippen LogP contribution in [0.1, 0.15) is 110 Å². The van der Waals surface area contributed by atoms with Gasteiger partial charge in [-0.3, -0.25) is 4.99 Å². The summed E-state index contributed by atoms with van der Waals surface area (Å²) in [4.78, 5) is 6.38. The summed E-state index contributed by atoms with van der Waals surface area (Å²) in [5.74, 6) is 0. The Labute approximate surface area is 147 Å². The summed E-state index contributed by atoms with van der Waals surface area (Å²) in [5, 5.41) is 0. The molecule has 0 amide bonds. The van der Waals surface area contributed by atoms with E-state index in [0.29, 0.717) is 0 Å². The molecule has 0 spiro atoms. The van der Waals surface area contributed by atoms with Crippen LogP contribution in [0.15, 0.2) is 4.99 Å². The largest absolute Gasteiger partial charge is 0.369 e. The Morgan fingerprint density at radius 1 is 0.565 bits per heavy atom. The number of rotatable bonds is 18. The van der Waals surface area contributed by atoms with Crippen molar-refractivity contribution in [2.75, 3.05) is 20.6 Å². The zero-order valence-electron chi connectivity index (χ0n) is 16.5. The molecule has 2 heteroatoms. The van der Waals surface area contributed by atoms with Gasteiger partial charge < -0.3 is 4.90 Å². The first kappa shape index (κ1) is 22.5. The topological polar surface area (TPSA) is 15.6 Å². The van der Waals surface area contributed by atoms with Crippen LogP contribution in [-0.4, -0.2) is 31.9 Å². The average molecular weight is 325 g/mol. The molecule has 23 heavy (non-hydrogen) atoms. The second-order valence-electron chi connectivity index (χ2n) is 7.29. The Balaban J connectivity index is 3.00. The normalized spacial score (nSPS) is 11.4. The van der Waals surface area contributed by atoms with Gasteiger partial charge in [0, 0.05) is 20.6 Å². The lowest BCUT2D eigenvalue weighted by molar-refractivity contribution is 0.530. The van der Waals surface area contributed by atoms with Crippen molar-refractivity contribution in [1.82, 2.24) is 4.90 Å². The summed E-state index contributed by atoms with van der Waals surface area (Å²) < 4.78 is 0. The van der Waals surface area contributed by atoms with Crippen LogP contribution in [0.5, 0.6) is 0 Å². The van der Waals surface area contributed by atoms with Gasteiger partial charge in [0.15, 0.2) is 0 Å². The average Bonchev–Trinajstić information content (AvgIpc) is 2.53. The van der Waals surface area contributed by atoms with Gasteiger partial charge in [-0.15, -0.1) is 0 Å². The zero-order valence-corrected chi connectivity index (χ0v) is 16.5. The molecule has 0 unspecified atom stereocenters. The minimum atomic E-state index is 0.997. The van der Waals surface area contributed by atoms with Gasteiger partial charge in [-0.05, 0) is 6.42 Å². The van der Waals surface area contributed by atoms with Crippen molar-refractivity contribution < 1.29 is 0 Å². The summed E-state index contributed by atoms with van der Waals surface area (Å²) in [5.41, 5.74) is 0. The summed E-state index contributed by atoms with van der Waals surface area (Å²) in [6.07, 6.45) is 24.8. The summed E-state index contributed by atoms with van der Waals surface area (Å²) in [6.45, 7) is 3.29. The van der Waals surface area contributed by atoms with Crippen LogP contribution in [0.2, 0.25) is 0 Å². The lowest BCUT2D eigenvalue weighted by Crippen LogP contribution is -2.07. The molecular formula is C21H44N2. The third kappa shape index (κ3) is 21.5. The predicted octanol–water partition coefficient (Wildman–Crippen LogP) is 6.84. The first-order valence-corrected chi connectivity index (χ1v) is 10.4. The van der Waals surface area contributed by atoms with E-state index in [9.17, 15) is 0 Å². The van der Waals surface area contributed by atoms with Gasteiger partial charge in [-0.2, -0.15) is 0 Å². The van der Waals surface area contributed by atoms with E-state index in [-0.39, 0.29) is 0 Å². The Morgan fingerprint density at radius 3 is 1.26 bits per heavy atom. The fourth-order valence-electron chi connectivity index (χ4n) is 2.97. The van der Waals surface area contributed by atoms with Crippen molar-refractivity contribution in [3.05, 3.63) is 0 Å². The van der Waals surface area contributed by atoms with E-state index in [1.165, 1.54) is 103 Å². The van der Waals surface area contributed by atoms with Crippen LogP contribution in [-0.2, 0) is 0 Å². The van der Waals surface area contributed by atoms with Crippen molar-refractivity contribution >= 4 is 6.34 Å². The fraction of sp³-hybridized carbons (Fsp3) is 0.952. The van der Waals surface area contributed by atoms with Gasteiger partial charge in [0.2, 0.25) is 0 Å². The molecule has 0 bridgehead atoms. The molecule has 0 aliphatic rings. The molecule has 0 aromatic rings. The quantitative estimate of drug-likeness (QED) is 0.153. The van der Waals surface area contributed by atoms with Crippen LogP contribution in [0.4, 0.5) is 0 Å². The smallest absolute Gasteiger partial charge is 0.0844 e. The molecule has 0 aromatic carbocycles. The Bertz CT molecular complexity index is 236. The highest BCUT2D eigenvalue weighted by Crippen LogP contribution is 2.13. The number of hydrogen-bond donors (Lipinski definition) is 0. The molecule has 0 N–H and O–H groups in total. The minimum absolute atomic E-state index is 0.997. The maximum Gasteiger partial charge on any atom is 0.0844 e. The van der Waals surface area contributed by atoms with Gasteiger partial charge in [0.1, 0.15) is 0 Å². The highest BCUT2D eigenvalue weighted by molar-refractivity contribution is 5.53. The van der Waals surface area contributed by atoms with Crippen molar-refractivity contribution in [3.8, 4) is 0 Å². The van der Waals surface area contributed by atoms with Crippen LogP contribution in [0.25, 0.3) is 0 Å². The molecule has 0 atom stereocenters. The van der Waals surface area contributed by atoms with E-state index < -0.39 is 0 Å². The maximum absolute atomic E-state index is 4.38. The van der Waals surface area contributed by atoms with E-state index in [4.69, 9.17) is 0 Å². The Morgan fingerprint density at radius 2 is 0.913 bits per heavy atom. The molecule has 0 aliphatic heterocycles. The standard InChI is InChI=1S/C21H44N2/c1-4-5-6-7-8-9-10-11-12-13-14-15-16-17-18-19-20-22-21-23(2)3/h21H,4-20H2,1-3H3. The number of nitrogens with zero attached hydrogens (tertiary/aromatic N) is 2. The van der Waals surface area contributed by atoms with E-state index in [1.807, 2.05) is 25.3 Å². The number of aliphatic imine (C=N–C) groups is 1. The third-order valence-corrected chi connectivity index (χ3v) is 4.45. The van der Waals surface area contributed by atoms with Gasteiger partial charge >= 0.3 is 0 Å². The van der Waals surface area contributed by atoms with Crippen molar-refractivity contribution in [1.29, 1.82) is 0 Å². The second kappa shape index (κ2) is 19.5. The predicted molar refractivity (Wildman–Crippen MR) is 107 cm³/mol. The molecular weight excluding hydrogens is 280 g/mol. The van der Waals surface area contributed by atoms with E-state index in [0.717, 1.165) is 6.54 Å². The van der Waals surface area contributed by atoms with Crippen LogP contribution in [0, 0.1) is 0 Å². The number of unbranched alkanes of at least 4 members (excludes halogenated alkanes) is 15. The molecule has 0 saturated carbocycles. The lowest BCUT2D eigenvalue weighted by atomic mass is 10.0. The van der Waals surface area contributed by atoms with Gasteiger partial charge in [0.25, 0.3) is 0 Å². The SMILES string of the molecule is CCCCCCCCCCCCCCCCCCN=CN(C)C. The van der Waals surface area contributed by atoms with Gasteiger partial charge in [-0.1, -0.05) is 103 Å². The van der Waals surface area contributed by atoms with Crippen LogP contribution < -0.4 is 0 Å². The molecule has 0 aliphatic carbocycles. The molecule has 2 nitrogen and oxygen atoms in total. The molecule has 0 heterocycles. The summed E-state index contributed by atoms with van der Waals surface area (Å²) in [7, 11) is 4.05. The fourth-order valence-corrected chi connectivity index (χ4v) is 2.97. The first-order chi connectivity index (χ1) is 11.3. The van der Waals surface area contributed by atoms with Crippen molar-refractivity contribution in [2.24, 2.45) is 4.99 Å². The van der Waals surface area contributed by atoms with Gasteiger partial charge in [0.05, 0.1) is 6.34 Å². The van der Waals surface area contributed by atoms with E-state index in [1.54, 1.807) is 0 Å². The molecule has 0 aromatic heterocycles. The zero-order chi connectivity index (χ0) is 17.0. The molecule has 0 fully saturated rings. The lowest BCUT2D eigenvalue weighted by Gasteiger charge is -2.04. The monoisotopic (exact) mass is 324 g/mol. The first-order valence-electron chi connectivity index (χ1n) is 10.4. The Kier molecular flexibility index (Phi) is 19.1. The highest BCUT2D eigenvalue weighted by atomic mass is 15.1. The maximum atomic E-state index is 4.38. The summed E-state index contributed by atoms with van der Waals surface area (Å²) >= 11 is 0. The van der Waals surface area contributed by atoms with Crippen LogP contribution >= 0.6 is 0 Å².